The van der Waals surface area contributed by atoms with Crippen molar-refractivity contribution in [1.82, 2.24) is 5.32 Å². The van der Waals surface area contributed by atoms with Crippen molar-refractivity contribution in [1.29, 1.82) is 0 Å². The molecule has 0 aliphatic heterocycles. The first-order valence-electron chi connectivity index (χ1n) is 4.76. The Hall–Kier alpha value is -0.520. The van der Waals surface area contributed by atoms with Gasteiger partial charge < -0.3 is 10.4 Å². The highest BCUT2D eigenvalue weighted by molar-refractivity contribution is 4.98. The molecule has 0 aliphatic carbocycles. The van der Waals surface area contributed by atoms with E-state index in [1.807, 2.05) is 6.92 Å². The zero-order chi connectivity index (χ0) is 10.3. The Labute approximate surface area is 81.7 Å². The molecule has 13 heavy (non-hydrogen) atoms. The van der Waals surface area contributed by atoms with Gasteiger partial charge in [0.1, 0.15) is 0 Å². The quantitative estimate of drug-likeness (QED) is 0.646. The summed E-state index contributed by atoms with van der Waals surface area (Å²) in [6.07, 6.45) is 0.787. The van der Waals surface area contributed by atoms with Crippen molar-refractivity contribution in [2.45, 2.75) is 40.2 Å². The van der Waals surface area contributed by atoms with Gasteiger partial charge in [0.15, 0.2) is 0 Å². The molecule has 0 amide bonds. The number of hydrogen-bond donors (Lipinski definition) is 2. The highest BCUT2D eigenvalue weighted by atomic mass is 16.3. The van der Waals surface area contributed by atoms with Gasteiger partial charge in [0.25, 0.3) is 0 Å². The lowest BCUT2D eigenvalue weighted by molar-refractivity contribution is 0.202. The monoisotopic (exact) mass is 183 g/mol. The van der Waals surface area contributed by atoms with Crippen molar-refractivity contribution in [3.8, 4) is 11.8 Å². The van der Waals surface area contributed by atoms with Crippen molar-refractivity contribution in [3.63, 3.8) is 0 Å². The van der Waals surface area contributed by atoms with Gasteiger partial charge in [-0.05, 0) is 18.8 Å². The lowest BCUT2D eigenvalue weighted by Crippen LogP contribution is -2.41. The number of nitrogens with one attached hydrogen (secondary N) is 1. The van der Waals surface area contributed by atoms with Crippen LogP contribution in [0.1, 0.15) is 34.1 Å². The maximum Gasteiger partial charge on any atom is 0.0578 e. The summed E-state index contributed by atoms with van der Waals surface area (Å²) in [6, 6.07) is 0.332. The predicted molar refractivity (Wildman–Crippen MR) is 56.4 cm³/mol. The van der Waals surface area contributed by atoms with E-state index in [1.54, 1.807) is 0 Å². The highest BCUT2D eigenvalue weighted by Crippen LogP contribution is 2.21. The summed E-state index contributed by atoms with van der Waals surface area (Å²) in [7, 11) is 0. The van der Waals surface area contributed by atoms with Gasteiger partial charge >= 0.3 is 0 Å². The molecular formula is C11H21NO. The molecule has 0 aromatic carbocycles. The van der Waals surface area contributed by atoms with Crippen LogP contribution in [0.3, 0.4) is 0 Å². The fraction of sp³-hybridized carbons (Fsp3) is 0.818. The maximum atomic E-state index is 8.88. The second-order valence-electron chi connectivity index (χ2n) is 4.24. The van der Waals surface area contributed by atoms with Crippen LogP contribution in [0.5, 0.6) is 0 Å². The topological polar surface area (TPSA) is 32.3 Å². The summed E-state index contributed by atoms with van der Waals surface area (Å²) in [5, 5.41) is 12.2. The Balaban J connectivity index is 4.00. The summed E-state index contributed by atoms with van der Waals surface area (Å²) in [4.78, 5) is 0. The van der Waals surface area contributed by atoms with Crippen LogP contribution in [0.2, 0.25) is 0 Å². The molecule has 0 aliphatic rings. The van der Waals surface area contributed by atoms with Crippen molar-refractivity contribution in [2.75, 3.05) is 13.2 Å². The number of hydrogen-bond acceptors (Lipinski definition) is 2. The number of rotatable bonds is 4. The minimum Gasteiger partial charge on any atom is -0.396 e. The summed E-state index contributed by atoms with van der Waals surface area (Å²) in [5.41, 5.74) is 0.179. The molecular weight excluding hydrogens is 162 g/mol. The first kappa shape index (κ1) is 12.5. The van der Waals surface area contributed by atoms with Gasteiger partial charge in [0.05, 0.1) is 6.54 Å². The molecule has 0 rings (SSSR count). The largest absolute Gasteiger partial charge is 0.396 e. The van der Waals surface area contributed by atoms with Gasteiger partial charge in [-0.3, -0.25) is 0 Å². The van der Waals surface area contributed by atoms with Gasteiger partial charge in [-0.15, -0.1) is 5.92 Å². The summed E-state index contributed by atoms with van der Waals surface area (Å²) >= 11 is 0. The van der Waals surface area contributed by atoms with Gasteiger partial charge in [0, 0.05) is 12.6 Å². The van der Waals surface area contributed by atoms with E-state index in [0.717, 1.165) is 6.42 Å². The normalized spacial score (nSPS) is 13.3. The number of aliphatic hydroxyl groups is 1. The molecule has 1 atom stereocenters. The second kappa shape index (κ2) is 6.01. The molecule has 2 heteroatoms. The summed E-state index contributed by atoms with van der Waals surface area (Å²) in [5.74, 6) is 5.81. The van der Waals surface area contributed by atoms with Crippen LogP contribution in [0, 0.1) is 17.3 Å². The van der Waals surface area contributed by atoms with Crippen molar-refractivity contribution < 1.29 is 5.11 Å². The SMILES string of the molecule is CC#CCNC(CCO)C(C)(C)C. The van der Waals surface area contributed by atoms with Gasteiger partial charge in [-0.25, -0.2) is 0 Å². The molecule has 0 radical (unpaired) electrons. The molecule has 76 valence electrons. The third kappa shape index (κ3) is 5.68. The Bertz CT molecular complexity index is 182. The van der Waals surface area contributed by atoms with Crippen LogP contribution in [0.25, 0.3) is 0 Å². The Kier molecular flexibility index (Phi) is 5.77. The first-order valence-corrected chi connectivity index (χ1v) is 4.76. The predicted octanol–water partition coefficient (Wildman–Crippen LogP) is 1.40. The molecule has 0 aromatic rings. The van der Waals surface area contributed by atoms with Crippen LogP contribution in [-0.4, -0.2) is 24.3 Å². The van der Waals surface area contributed by atoms with Crippen molar-refractivity contribution >= 4 is 0 Å². The van der Waals surface area contributed by atoms with E-state index in [1.165, 1.54) is 0 Å². The lowest BCUT2D eigenvalue weighted by atomic mass is 9.85. The highest BCUT2D eigenvalue weighted by Gasteiger charge is 2.22. The molecule has 0 saturated heterocycles. The van der Waals surface area contributed by atoms with Crippen LogP contribution in [0.4, 0.5) is 0 Å². The van der Waals surface area contributed by atoms with Crippen LogP contribution < -0.4 is 5.32 Å². The van der Waals surface area contributed by atoms with Gasteiger partial charge in [-0.2, -0.15) is 0 Å². The standard InChI is InChI=1S/C11H21NO/c1-5-6-8-12-10(7-9-13)11(2,3)4/h10,12-13H,7-9H2,1-4H3. The molecule has 0 fully saturated rings. The molecule has 0 heterocycles. The van der Waals surface area contributed by atoms with E-state index in [-0.39, 0.29) is 12.0 Å². The minimum atomic E-state index is 0.179. The fourth-order valence-electron chi connectivity index (χ4n) is 1.23. The second-order valence-corrected chi connectivity index (χ2v) is 4.24. The smallest absolute Gasteiger partial charge is 0.0578 e. The maximum absolute atomic E-state index is 8.88. The molecule has 0 saturated carbocycles. The van der Waals surface area contributed by atoms with Gasteiger partial charge in [-0.1, -0.05) is 26.7 Å². The van der Waals surface area contributed by atoms with E-state index >= 15 is 0 Å². The summed E-state index contributed by atoms with van der Waals surface area (Å²) in [6.45, 7) is 9.27. The zero-order valence-electron chi connectivity index (χ0n) is 9.15. The molecule has 1 unspecified atom stereocenters. The van der Waals surface area contributed by atoms with Crippen molar-refractivity contribution in [3.05, 3.63) is 0 Å². The molecule has 2 nitrogen and oxygen atoms in total. The fourth-order valence-corrected chi connectivity index (χ4v) is 1.23. The van der Waals surface area contributed by atoms with Crippen LogP contribution in [0.15, 0.2) is 0 Å². The van der Waals surface area contributed by atoms with E-state index in [9.17, 15) is 0 Å². The molecule has 2 N–H and O–H groups in total. The molecule has 0 aromatic heterocycles. The van der Waals surface area contributed by atoms with Crippen LogP contribution >= 0.6 is 0 Å². The van der Waals surface area contributed by atoms with E-state index in [0.29, 0.717) is 12.6 Å². The Morgan fingerprint density at radius 1 is 1.38 bits per heavy atom. The third-order valence-corrected chi connectivity index (χ3v) is 2.08. The first-order chi connectivity index (χ1) is 6.02. The minimum absolute atomic E-state index is 0.179. The Morgan fingerprint density at radius 2 is 2.00 bits per heavy atom. The average Bonchev–Trinajstić information content (AvgIpc) is 2.01. The van der Waals surface area contributed by atoms with E-state index in [2.05, 4.69) is 37.9 Å². The molecule has 0 spiro atoms. The van der Waals surface area contributed by atoms with E-state index in [4.69, 9.17) is 5.11 Å². The van der Waals surface area contributed by atoms with Crippen LogP contribution in [-0.2, 0) is 0 Å². The third-order valence-electron chi connectivity index (χ3n) is 2.08. The molecule has 0 bridgehead atoms. The Morgan fingerprint density at radius 3 is 2.38 bits per heavy atom. The lowest BCUT2D eigenvalue weighted by Gasteiger charge is -2.30. The zero-order valence-corrected chi connectivity index (χ0v) is 9.15. The van der Waals surface area contributed by atoms with Crippen molar-refractivity contribution in [2.24, 2.45) is 5.41 Å². The summed E-state index contributed by atoms with van der Waals surface area (Å²) < 4.78 is 0. The average molecular weight is 183 g/mol. The van der Waals surface area contributed by atoms with E-state index < -0.39 is 0 Å². The van der Waals surface area contributed by atoms with Gasteiger partial charge in [0.2, 0.25) is 0 Å². The number of aliphatic hydroxyl groups excluding tert-OH is 1.